The molecule has 1 saturated carbocycles. The highest BCUT2D eigenvalue weighted by Gasteiger charge is 2.34. The molecule has 0 amide bonds. The van der Waals surface area contributed by atoms with Crippen LogP contribution in [0.15, 0.2) is 28.7 Å². The summed E-state index contributed by atoms with van der Waals surface area (Å²) in [5.41, 5.74) is 7.10. The molecule has 3 heteroatoms. The SMILES string of the molecule is Cl.NC1C[C@H]1c1ccc(Br)cc1. The molecule has 1 aliphatic rings. The van der Waals surface area contributed by atoms with Crippen molar-refractivity contribution >= 4 is 28.3 Å². The van der Waals surface area contributed by atoms with Gasteiger partial charge >= 0.3 is 0 Å². The van der Waals surface area contributed by atoms with Gasteiger partial charge < -0.3 is 5.73 Å². The van der Waals surface area contributed by atoms with Gasteiger partial charge in [-0.2, -0.15) is 0 Å². The van der Waals surface area contributed by atoms with Gasteiger partial charge in [0.25, 0.3) is 0 Å². The Kier molecular flexibility index (Phi) is 3.16. The first-order valence-electron chi connectivity index (χ1n) is 3.78. The van der Waals surface area contributed by atoms with Gasteiger partial charge in [-0.05, 0) is 24.1 Å². The quantitative estimate of drug-likeness (QED) is 0.812. The van der Waals surface area contributed by atoms with Crippen LogP contribution < -0.4 is 5.73 Å². The van der Waals surface area contributed by atoms with Crippen molar-refractivity contribution < 1.29 is 0 Å². The highest BCUT2D eigenvalue weighted by Crippen LogP contribution is 2.38. The molecule has 2 N–H and O–H groups in total. The molecule has 0 saturated heterocycles. The van der Waals surface area contributed by atoms with E-state index in [4.69, 9.17) is 5.73 Å². The van der Waals surface area contributed by atoms with Crippen LogP contribution in [0.4, 0.5) is 0 Å². The molecule has 1 aliphatic carbocycles. The standard InChI is InChI=1S/C9H10BrN.ClH/c10-7-3-1-6(2-4-7)8-5-9(8)11;/h1-4,8-9H,5,11H2;1H/t8-,9?;/m0./s1. The van der Waals surface area contributed by atoms with Crippen molar-refractivity contribution in [2.45, 2.75) is 18.4 Å². The maximum absolute atomic E-state index is 5.72. The number of halogens is 2. The Balaban J connectivity index is 0.000000720. The van der Waals surface area contributed by atoms with E-state index in [0.29, 0.717) is 12.0 Å². The van der Waals surface area contributed by atoms with Crippen LogP contribution in [0.1, 0.15) is 17.9 Å². The average molecular weight is 249 g/mol. The molecule has 1 fully saturated rings. The lowest BCUT2D eigenvalue weighted by molar-refractivity contribution is 0.990. The van der Waals surface area contributed by atoms with Crippen molar-refractivity contribution in [1.82, 2.24) is 0 Å². The van der Waals surface area contributed by atoms with Crippen LogP contribution in [0.5, 0.6) is 0 Å². The molecule has 0 heterocycles. The maximum Gasteiger partial charge on any atom is 0.0175 e. The first-order chi connectivity index (χ1) is 5.27. The van der Waals surface area contributed by atoms with Crippen molar-refractivity contribution in [3.8, 4) is 0 Å². The number of hydrogen-bond donors (Lipinski definition) is 1. The Morgan fingerprint density at radius 1 is 1.25 bits per heavy atom. The van der Waals surface area contributed by atoms with Crippen LogP contribution >= 0.6 is 28.3 Å². The van der Waals surface area contributed by atoms with Crippen molar-refractivity contribution in [2.75, 3.05) is 0 Å². The number of hydrogen-bond acceptors (Lipinski definition) is 1. The molecule has 1 unspecified atom stereocenters. The maximum atomic E-state index is 5.72. The Bertz CT molecular complexity index is 260. The van der Waals surface area contributed by atoms with E-state index in [9.17, 15) is 0 Å². The summed E-state index contributed by atoms with van der Waals surface area (Å²) in [6.45, 7) is 0. The summed E-state index contributed by atoms with van der Waals surface area (Å²) in [7, 11) is 0. The van der Waals surface area contributed by atoms with Gasteiger partial charge in [0.1, 0.15) is 0 Å². The van der Waals surface area contributed by atoms with E-state index in [0.717, 1.165) is 10.9 Å². The lowest BCUT2D eigenvalue weighted by atomic mass is 10.1. The summed E-state index contributed by atoms with van der Waals surface area (Å²) in [5, 5.41) is 0. The predicted molar refractivity (Wildman–Crippen MR) is 56.7 cm³/mol. The van der Waals surface area contributed by atoms with Crippen LogP contribution in [-0.2, 0) is 0 Å². The molecule has 0 bridgehead atoms. The van der Waals surface area contributed by atoms with E-state index >= 15 is 0 Å². The summed E-state index contributed by atoms with van der Waals surface area (Å²) in [5.74, 6) is 0.628. The zero-order chi connectivity index (χ0) is 7.84. The van der Waals surface area contributed by atoms with E-state index in [1.165, 1.54) is 5.56 Å². The molecule has 66 valence electrons. The summed E-state index contributed by atoms with van der Waals surface area (Å²) < 4.78 is 1.13. The summed E-state index contributed by atoms with van der Waals surface area (Å²) in [6, 6.07) is 8.83. The first kappa shape index (κ1) is 10.0. The molecule has 12 heavy (non-hydrogen) atoms. The Morgan fingerprint density at radius 3 is 2.17 bits per heavy atom. The van der Waals surface area contributed by atoms with Crippen molar-refractivity contribution in [3.63, 3.8) is 0 Å². The van der Waals surface area contributed by atoms with Crippen LogP contribution in [-0.4, -0.2) is 6.04 Å². The van der Waals surface area contributed by atoms with Crippen LogP contribution in [0.25, 0.3) is 0 Å². The van der Waals surface area contributed by atoms with E-state index in [2.05, 4.69) is 40.2 Å². The summed E-state index contributed by atoms with van der Waals surface area (Å²) >= 11 is 3.40. The molecule has 0 aromatic heterocycles. The normalized spacial score (nSPS) is 26.2. The fraction of sp³-hybridized carbons (Fsp3) is 0.333. The minimum atomic E-state index is 0. The number of benzene rings is 1. The Hall–Kier alpha value is -0.0500. The van der Waals surface area contributed by atoms with Gasteiger partial charge in [-0.3, -0.25) is 0 Å². The molecule has 0 radical (unpaired) electrons. The van der Waals surface area contributed by atoms with Gasteiger partial charge in [0.2, 0.25) is 0 Å². The molecule has 1 aromatic rings. The van der Waals surface area contributed by atoms with E-state index in [1.54, 1.807) is 0 Å². The number of rotatable bonds is 1. The number of nitrogens with two attached hydrogens (primary N) is 1. The zero-order valence-corrected chi connectivity index (χ0v) is 8.94. The first-order valence-corrected chi connectivity index (χ1v) is 4.58. The van der Waals surface area contributed by atoms with Crippen LogP contribution in [0.2, 0.25) is 0 Å². The van der Waals surface area contributed by atoms with Crippen LogP contribution in [0.3, 0.4) is 0 Å². The molecular formula is C9H11BrClN. The molecule has 0 aliphatic heterocycles. The van der Waals surface area contributed by atoms with Gasteiger partial charge in [-0.15, -0.1) is 12.4 Å². The molecular weight excluding hydrogens is 237 g/mol. The second-order valence-electron chi connectivity index (χ2n) is 3.06. The third-order valence-electron chi connectivity index (χ3n) is 2.14. The lowest BCUT2D eigenvalue weighted by Gasteiger charge is -1.96. The van der Waals surface area contributed by atoms with Gasteiger partial charge in [0.15, 0.2) is 0 Å². The van der Waals surface area contributed by atoms with E-state index < -0.39 is 0 Å². The van der Waals surface area contributed by atoms with E-state index in [1.807, 2.05) is 0 Å². The predicted octanol–water partition coefficient (Wildman–Crippen LogP) is 2.69. The molecule has 2 rings (SSSR count). The zero-order valence-electron chi connectivity index (χ0n) is 6.53. The summed E-state index contributed by atoms with van der Waals surface area (Å²) in [6.07, 6.45) is 1.15. The largest absolute Gasteiger partial charge is 0.327 e. The molecule has 1 nitrogen and oxygen atoms in total. The highest BCUT2D eigenvalue weighted by atomic mass is 79.9. The van der Waals surface area contributed by atoms with Gasteiger partial charge in [0.05, 0.1) is 0 Å². The van der Waals surface area contributed by atoms with Gasteiger partial charge in [0, 0.05) is 16.4 Å². The van der Waals surface area contributed by atoms with Crippen molar-refractivity contribution in [1.29, 1.82) is 0 Å². The summed E-state index contributed by atoms with van der Waals surface area (Å²) in [4.78, 5) is 0. The fourth-order valence-electron chi connectivity index (χ4n) is 1.31. The van der Waals surface area contributed by atoms with Gasteiger partial charge in [-0.25, -0.2) is 0 Å². The second kappa shape index (κ2) is 3.77. The monoisotopic (exact) mass is 247 g/mol. The smallest absolute Gasteiger partial charge is 0.0175 e. The fourth-order valence-corrected chi connectivity index (χ4v) is 1.57. The molecule has 2 atom stereocenters. The molecule has 1 aromatic carbocycles. The third-order valence-corrected chi connectivity index (χ3v) is 2.67. The van der Waals surface area contributed by atoms with Crippen molar-refractivity contribution in [3.05, 3.63) is 34.3 Å². The minimum Gasteiger partial charge on any atom is -0.327 e. The van der Waals surface area contributed by atoms with E-state index in [-0.39, 0.29) is 12.4 Å². The topological polar surface area (TPSA) is 26.0 Å². The van der Waals surface area contributed by atoms with Crippen LogP contribution in [0, 0.1) is 0 Å². The highest BCUT2D eigenvalue weighted by molar-refractivity contribution is 9.10. The lowest BCUT2D eigenvalue weighted by Crippen LogP contribution is -2.00. The minimum absolute atomic E-state index is 0. The molecule has 0 spiro atoms. The van der Waals surface area contributed by atoms with Gasteiger partial charge in [-0.1, -0.05) is 28.1 Å². The second-order valence-corrected chi connectivity index (χ2v) is 3.97. The Morgan fingerprint density at radius 2 is 1.75 bits per heavy atom. The van der Waals surface area contributed by atoms with Crippen molar-refractivity contribution in [2.24, 2.45) is 5.73 Å². The third kappa shape index (κ3) is 2.00. The Labute approximate surface area is 86.9 Å². The average Bonchev–Trinajstić information content (AvgIpc) is 2.69.